The molecule has 4 aromatic rings. The largest absolute Gasteiger partial charge is 0.494 e. The number of methoxy groups -OCH3 is 2. The molecule has 0 radical (unpaired) electrons. The average molecular weight is 564 g/mol. The molecule has 0 bridgehead atoms. The lowest BCUT2D eigenvalue weighted by molar-refractivity contribution is -0.138. The maximum atomic E-state index is 15.2. The Morgan fingerprint density at radius 3 is 2.63 bits per heavy atom. The third-order valence-electron chi connectivity index (χ3n) is 6.85. The third kappa shape index (κ3) is 6.19. The highest BCUT2D eigenvalue weighted by Gasteiger charge is 2.36. The zero-order valence-electron chi connectivity index (χ0n) is 22.9. The quantitative estimate of drug-likeness (QED) is 0.253. The van der Waals surface area contributed by atoms with Gasteiger partial charge in [0.25, 0.3) is 18.3 Å². The summed E-state index contributed by atoms with van der Waals surface area (Å²) in [5, 5.41) is 3.16. The number of hydrogen-bond donors (Lipinski definition) is 1. The molecule has 0 spiro atoms. The van der Waals surface area contributed by atoms with Gasteiger partial charge in [-0.15, -0.1) is 0 Å². The topological polar surface area (TPSA) is 112 Å². The Labute approximate surface area is 236 Å². The summed E-state index contributed by atoms with van der Waals surface area (Å²) in [4.78, 5) is 30.6. The smallest absolute Gasteiger partial charge is 0.337 e. The second-order valence-electron chi connectivity index (χ2n) is 9.50. The maximum absolute atomic E-state index is 15.2. The predicted octanol–water partition coefficient (Wildman–Crippen LogP) is 5.42. The van der Waals surface area contributed by atoms with Gasteiger partial charge in [-0.3, -0.25) is 4.79 Å². The zero-order valence-corrected chi connectivity index (χ0v) is 22.9. The van der Waals surface area contributed by atoms with Crippen LogP contribution in [0.15, 0.2) is 65.1 Å². The van der Waals surface area contributed by atoms with Gasteiger partial charge in [-0.2, -0.15) is 9.37 Å². The van der Waals surface area contributed by atoms with Crippen LogP contribution < -0.4 is 19.5 Å². The van der Waals surface area contributed by atoms with Gasteiger partial charge in [0.2, 0.25) is 0 Å². The number of halogens is 1. The van der Waals surface area contributed by atoms with E-state index in [9.17, 15) is 9.59 Å². The molecule has 1 amide bonds. The van der Waals surface area contributed by atoms with Crippen molar-refractivity contribution in [1.29, 1.82) is 0 Å². The molecule has 1 aromatic heterocycles. The molecule has 10 nitrogen and oxygen atoms in total. The molecule has 2 atom stereocenters. The van der Waals surface area contributed by atoms with Crippen molar-refractivity contribution in [3.05, 3.63) is 71.8 Å². The number of carbonyl (C=O) groups excluding carboxylic acids is 2. The number of ether oxygens (including phenoxy) is 4. The number of oxazole rings is 1. The first-order valence-electron chi connectivity index (χ1n) is 13.1. The van der Waals surface area contributed by atoms with E-state index in [1.54, 1.807) is 12.1 Å². The molecular weight excluding hydrogens is 533 g/mol. The standard InChI is InChI=1S/C30H30FN3O7/c1-18-7-4-5-8-22(18)32-30-33-27-24(37-2)15-21(16-25(27)41-30)39-17-26(35)34-14-6-9-23(34)28(31)40-20-12-10-19(11-13-20)29(36)38-3/h4-5,7-8,10-13,15-16,23,28H,6,9,14,17H2,1-3H3,(H,32,33)/t23-,28?/m0/s1. The first kappa shape index (κ1) is 27.8. The van der Waals surface area contributed by atoms with Gasteiger partial charge in [-0.05, 0) is 55.7 Å². The lowest BCUT2D eigenvalue weighted by Gasteiger charge is -2.27. The van der Waals surface area contributed by atoms with Crippen LogP contribution in [-0.4, -0.2) is 61.5 Å². The van der Waals surface area contributed by atoms with E-state index in [0.29, 0.717) is 47.5 Å². The van der Waals surface area contributed by atoms with Gasteiger partial charge in [0.1, 0.15) is 11.5 Å². The number of anilines is 2. The normalized spacial score (nSPS) is 15.4. The monoisotopic (exact) mass is 563 g/mol. The Morgan fingerprint density at radius 2 is 1.90 bits per heavy atom. The van der Waals surface area contributed by atoms with Crippen molar-refractivity contribution in [2.24, 2.45) is 0 Å². The van der Waals surface area contributed by atoms with Crippen LogP contribution in [0.5, 0.6) is 17.2 Å². The van der Waals surface area contributed by atoms with Crippen LogP contribution in [0.1, 0.15) is 28.8 Å². The van der Waals surface area contributed by atoms with Crippen LogP contribution in [0.4, 0.5) is 16.1 Å². The summed E-state index contributed by atoms with van der Waals surface area (Å²) < 4.78 is 42.4. The lowest BCUT2D eigenvalue weighted by Crippen LogP contribution is -2.45. The van der Waals surface area contributed by atoms with Crippen molar-refractivity contribution in [2.45, 2.75) is 32.2 Å². The number of nitrogens with zero attached hydrogens (tertiary/aromatic N) is 2. The number of carbonyl (C=O) groups is 2. The van der Waals surface area contributed by atoms with E-state index in [1.807, 2.05) is 31.2 Å². The molecule has 1 aliphatic rings. The van der Waals surface area contributed by atoms with Crippen LogP contribution in [0.25, 0.3) is 11.1 Å². The summed E-state index contributed by atoms with van der Waals surface area (Å²) in [5.74, 6) is 0.125. The molecule has 2 heterocycles. The Morgan fingerprint density at radius 1 is 1.12 bits per heavy atom. The summed E-state index contributed by atoms with van der Waals surface area (Å²) in [5.41, 5.74) is 3.12. The van der Waals surface area contributed by atoms with Crippen molar-refractivity contribution < 1.29 is 37.3 Å². The molecule has 0 aliphatic carbocycles. The summed E-state index contributed by atoms with van der Waals surface area (Å²) in [6.07, 6.45) is -0.673. The number of rotatable bonds is 10. The van der Waals surface area contributed by atoms with E-state index >= 15 is 4.39 Å². The molecule has 1 fully saturated rings. The van der Waals surface area contributed by atoms with Gasteiger partial charge in [0.15, 0.2) is 23.5 Å². The Hall–Kier alpha value is -4.80. The first-order valence-corrected chi connectivity index (χ1v) is 13.1. The number of benzene rings is 3. The molecule has 1 aliphatic heterocycles. The van der Waals surface area contributed by atoms with E-state index in [1.165, 1.54) is 43.4 Å². The van der Waals surface area contributed by atoms with Gasteiger partial charge < -0.3 is 33.6 Å². The molecule has 41 heavy (non-hydrogen) atoms. The fourth-order valence-electron chi connectivity index (χ4n) is 4.69. The molecule has 3 aromatic carbocycles. The van der Waals surface area contributed by atoms with E-state index < -0.39 is 18.4 Å². The number of alkyl halides is 1. The summed E-state index contributed by atoms with van der Waals surface area (Å²) in [7, 11) is 2.79. The van der Waals surface area contributed by atoms with Crippen LogP contribution in [0.2, 0.25) is 0 Å². The fraction of sp³-hybridized carbons (Fsp3) is 0.300. The molecular formula is C30H30FN3O7. The number of likely N-dealkylation sites (tertiary alicyclic amines) is 1. The van der Waals surface area contributed by atoms with Gasteiger partial charge in [-0.25, -0.2) is 4.79 Å². The van der Waals surface area contributed by atoms with E-state index in [0.717, 1.165) is 11.3 Å². The van der Waals surface area contributed by atoms with Crippen molar-refractivity contribution in [3.63, 3.8) is 0 Å². The van der Waals surface area contributed by atoms with Gasteiger partial charge in [-0.1, -0.05) is 18.2 Å². The maximum Gasteiger partial charge on any atom is 0.337 e. The molecule has 11 heteroatoms. The van der Waals surface area contributed by atoms with Crippen molar-refractivity contribution in [2.75, 3.05) is 32.7 Å². The van der Waals surface area contributed by atoms with Crippen LogP contribution in [0, 0.1) is 6.92 Å². The molecule has 5 rings (SSSR count). The number of nitrogens with one attached hydrogen (secondary N) is 1. The number of hydrogen-bond acceptors (Lipinski definition) is 9. The fourth-order valence-corrected chi connectivity index (χ4v) is 4.69. The first-order chi connectivity index (χ1) is 19.9. The molecule has 1 N–H and O–H groups in total. The predicted molar refractivity (Wildman–Crippen MR) is 149 cm³/mol. The zero-order chi connectivity index (χ0) is 28.9. The van der Waals surface area contributed by atoms with E-state index in [4.69, 9.17) is 18.6 Å². The Bertz CT molecular complexity index is 1540. The average Bonchev–Trinajstić information content (AvgIpc) is 3.64. The third-order valence-corrected chi connectivity index (χ3v) is 6.85. The lowest BCUT2D eigenvalue weighted by atomic mass is 10.2. The second-order valence-corrected chi connectivity index (χ2v) is 9.50. The Balaban J connectivity index is 1.23. The number of aromatic nitrogens is 1. The minimum Gasteiger partial charge on any atom is -0.494 e. The summed E-state index contributed by atoms with van der Waals surface area (Å²) >= 11 is 0. The molecule has 214 valence electrons. The van der Waals surface area contributed by atoms with Crippen LogP contribution in [0.3, 0.4) is 0 Å². The number of aryl methyl sites for hydroxylation is 1. The SMILES string of the molecule is COC(=O)c1ccc(OC(F)[C@@H]2CCCN2C(=O)COc2cc(OC)c3nc(Nc4ccccc4C)oc3c2)cc1. The Kier molecular flexibility index (Phi) is 8.23. The van der Waals surface area contributed by atoms with Crippen molar-refractivity contribution in [3.8, 4) is 17.2 Å². The highest BCUT2D eigenvalue weighted by molar-refractivity contribution is 5.89. The number of esters is 1. The van der Waals surface area contributed by atoms with Crippen molar-refractivity contribution in [1.82, 2.24) is 9.88 Å². The number of fused-ring (bicyclic) bond motifs is 1. The highest BCUT2D eigenvalue weighted by atomic mass is 19.1. The second kappa shape index (κ2) is 12.2. The minimum atomic E-state index is -1.75. The summed E-state index contributed by atoms with van der Waals surface area (Å²) in [6.45, 7) is 2.05. The molecule has 1 saturated heterocycles. The number of para-hydroxylation sites is 1. The minimum absolute atomic E-state index is 0.240. The van der Waals surface area contributed by atoms with Gasteiger partial charge in [0.05, 0.1) is 25.8 Å². The van der Waals surface area contributed by atoms with E-state index in [2.05, 4.69) is 15.0 Å². The van der Waals surface area contributed by atoms with Gasteiger partial charge in [0, 0.05) is 24.4 Å². The van der Waals surface area contributed by atoms with Crippen LogP contribution >= 0.6 is 0 Å². The summed E-state index contributed by atoms with van der Waals surface area (Å²) in [6, 6.07) is 16.4. The van der Waals surface area contributed by atoms with Gasteiger partial charge >= 0.3 is 5.97 Å². The van der Waals surface area contributed by atoms with E-state index in [-0.39, 0.29) is 24.3 Å². The van der Waals surface area contributed by atoms with Crippen LogP contribution in [-0.2, 0) is 9.53 Å². The molecule has 0 saturated carbocycles. The number of amides is 1. The van der Waals surface area contributed by atoms with Crippen molar-refractivity contribution >= 4 is 34.7 Å². The molecule has 1 unspecified atom stereocenters. The highest BCUT2D eigenvalue weighted by Crippen LogP contribution is 2.34.